The number of nitrogens with zero attached hydrogens (tertiary/aromatic N) is 5. The van der Waals surface area contributed by atoms with E-state index in [-0.39, 0.29) is 38.2 Å². The molecule has 0 radical (unpaired) electrons. The number of ether oxygens (including phenoxy) is 1. The minimum absolute atomic E-state index is 0.0467. The lowest BCUT2D eigenvalue weighted by Crippen LogP contribution is -2.56. The van der Waals surface area contributed by atoms with Crippen LogP contribution in [0.1, 0.15) is 45.4 Å². The quantitative estimate of drug-likeness (QED) is 0.316. The fourth-order valence-corrected chi connectivity index (χ4v) is 6.91. The Bertz CT molecular complexity index is 1250. The molecule has 0 aliphatic carbocycles. The van der Waals surface area contributed by atoms with Gasteiger partial charge in [-0.1, -0.05) is 30.3 Å². The summed E-state index contributed by atoms with van der Waals surface area (Å²) in [4.78, 5) is 43.9. The van der Waals surface area contributed by atoms with Crippen molar-refractivity contribution in [1.29, 1.82) is 0 Å². The van der Waals surface area contributed by atoms with Gasteiger partial charge in [-0.25, -0.2) is 4.68 Å². The van der Waals surface area contributed by atoms with Crippen LogP contribution in [0.2, 0.25) is 0 Å². The van der Waals surface area contributed by atoms with Crippen LogP contribution in [0.3, 0.4) is 0 Å². The highest BCUT2D eigenvalue weighted by Crippen LogP contribution is 2.64. The van der Waals surface area contributed by atoms with Gasteiger partial charge < -0.3 is 24.7 Å². The largest absolute Gasteiger partial charge is 0.481 e. The van der Waals surface area contributed by atoms with Crippen LogP contribution in [-0.2, 0) is 25.8 Å². The van der Waals surface area contributed by atoms with Gasteiger partial charge in [0.25, 0.3) is 0 Å². The number of benzene rings is 1. The maximum absolute atomic E-state index is 14.4. The predicted molar refractivity (Wildman–Crippen MR) is 137 cm³/mol. The van der Waals surface area contributed by atoms with Gasteiger partial charge in [0.2, 0.25) is 11.8 Å². The minimum Gasteiger partial charge on any atom is -0.481 e. The number of amides is 2. The number of hydrogen-bond acceptors (Lipinski definition) is 7. The molecule has 5 rings (SSSR count). The van der Waals surface area contributed by atoms with Gasteiger partial charge in [-0.2, -0.15) is 0 Å². The van der Waals surface area contributed by atoms with Crippen molar-refractivity contribution in [1.82, 2.24) is 24.8 Å². The first-order valence-corrected chi connectivity index (χ1v) is 13.4. The van der Waals surface area contributed by atoms with Crippen LogP contribution >= 0.6 is 0 Å². The molecule has 3 aliphatic rings. The summed E-state index contributed by atoms with van der Waals surface area (Å²) in [5.74, 6) is -3.63. The number of likely N-dealkylation sites (tertiary alicyclic amines) is 1. The number of aliphatic hydroxyl groups excluding tert-OH is 1. The summed E-state index contributed by atoms with van der Waals surface area (Å²) in [6.45, 7) is 6.34. The van der Waals surface area contributed by atoms with Crippen molar-refractivity contribution in [2.24, 2.45) is 11.8 Å². The van der Waals surface area contributed by atoms with Crippen molar-refractivity contribution in [3.63, 3.8) is 0 Å². The fraction of sp³-hybridized carbons (Fsp3) is 0.593. The van der Waals surface area contributed by atoms with Crippen molar-refractivity contribution >= 4 is 28.8 Å². The van der Waals surface area contributed by atoms with Crippen molar-refractivity contribution in [2.75, 3.05) is 19.7 Å². The Hall–Kier alpha value is -3.31. The van der Waals surface area contributed by atoms with Gasteiger partial charge in [0.1, 0.15) is 29.7 Å². The molecule has 2 unspecified atom stereocenters. The van der Waals surface area contributed by atoms with Crippen LogP contribution in [0.25, 0.3) is 11.0 Å². The van der Waals surface area contributed by atoms with Crippen LogP contribution in [0.4, 0.5) is 0 Å². The van der Waals surface area contributed by atoms with E-state index in [1.54, 1.807) is 20.6 Å². The second-order valence-electron chi connectivity index (χ2n) is 10.6. The Morgan fingerprint density at radius 1 is 1.26 bits per heavy atom. The number of carbonyl (C=O) groups excluding carboxylic acids is 2. The lowest BCUT2D eigenvalue weighted by molar-refractivity contribution is -0.158. The van der Waals surface area contributed by atoms with Crippen LogP contribution in [0, 0.1) is 11.8 Å². The van der Waals surface area contributed by atoms with Crippen LogP contribution in [0.15, 0.2) is 36.9 Å². The summed E-state index contributed by atoms with van der Waals surface area (Å²) >= 11 is 0. The molecule has 4 heterocycles. The number of carbonyl (C=O) groups is 3. The lowest BCUT2D eigenvalue weighted by atomic mass is 9.65. The number of fused-ring (bicyclic) bond motifs is 2. The van der Waals surface area contributed by atoms with E-state index in [0.717, 1.165) is 5.52 Å². The minimum atomic E-state index is -1.20. The van der Waals surface area contributed by atoms with Crippen molar-refractivity contribution in [3.8, 4) is 0 Å². The Balaban J connectivity index is 1.52. The van der Waals surface area contributed by atoms with E-state index in [4.69, 9.17) is 4.74 Å². The molecule has 3 fully saturated rings. The fourth-order valence-electron chi connectivity index (χ4n) is 6.91. The normalized spacial score (nSPS) is 29.7. The van der Waals surface area contributed by atoms with Gasteiger partial charge in [-0.3, -0.25) is 14.4 Å². The third-order valence-corrected chi connectivity index (χ3v) is 8.62. The molecule has 5 atom stereocenters. The zero-order valence-electron chi connectivity index (χ0n) is 21.7. The Labute approximate surface area is 221 Å². The first-order chi connectivity index (χ1) is 18.3. The zero-order valence-corrected chi connectivity index (χ0v) is 21.7. The van der Waals surface area contributed by atoms with Gasteiger partial charge in [-0.05, 0) is 50.7 Å². The zero-order chi connectivity index (χ0) is 27.1. The molecular formula is C27H35N5O6. The van der Waals surface area contributed by atoms with E-state index in [2.05, 4.69) is 16.9 Å². The van der Waals surface area contributed by atoms with Gasteiger partial charge in [0, 0.05) is 19.7 Å². The summed E-state index contributed by atoms with van der Waals surface area (Å²) in [5, 5.41) is 27.8. The molecule has 3 aliphatic heterocycles. The van der Waals surface area contributed by atoms with Gasteiger partial charge in [0.15, 0.2) is 0 Å². The van der Waals surface area contributed by atoms with Crippen molar-refractivity contribution < 1.29 is 29.3 Å². The highest BCUT2D eigenvalue weighted by Gasteiger charge is 2.79. The standard InChI is InChI=1S/C27H35N5O6/c1-3-14-30(17-32-19-11-7-6-10-18(19)28-29-32)24(35)22-27-13-12-26(4-2,38-27)21(25(36)37)20(27)23(34)31(22)15-8-5-9-16-33/h3,6-7,10-11,20-22,33H,1,4-5,8-9,12-17H2,2H3,(H,36,37)/t20-,21+,22?,26-,27?/m0/s1. The van der Waals surface area contributed by atoms with Crippen LogP contribution < -0.4 is 0 Å². The average Bonchev–Trinajstić information content (AvgIpc) is 3.63. The highest BCUT2D eigenvalue weighted by atomic mass is 16.5. The summed E-state index contributed by atoms with van der Waals surface area (Å²) in [7, 11) is 0. The lowest BCUT2D eigenvalue weighted by Gasteiger charge is -2.36. The molecule has 1 aromatic heterocycles. The first-order valence-electron chi connectivity index (χ1n) is 13.4. The van der Waals surface area contributed by atoms with Gasteiger partial charge >= 0.3 is 5.97 Å². The Morgan fingerprint density at radius 3 is 2.76 bits per heavy atom. The number of hydrogen-bond donors (Lipinski definition) is 2. The van der Waals surface area contributed by atoms with E-state index in [9.17, 15) is 24.6 Å². The molecule has 2 bridgehead atoms. The molecule has 38 heavy (non-hydrogen) atoms. The van der Waals surface area contributed by atoms with Crippen molar-refractivity contribution in [2.45, 2.75) is 69.4 Å². The molecular weight excluding hydrogens is 490 g/mol. The van der Waals surface area contributed by atoms with Gasteiger partial charge in [-0.15, -0.1) is 11.7 Å². The summed E-state index contributed by atoms with van der Waals surface area (Å²) in [5.41, 5.74) is -0.694. The number of para-hydroxylation sites is 1. The third-order valence-electron chi connectivity index (χ3n) is 8.62. The molecule has 0 saturated carbocycles. The second-order valence-corrected chi connectivity index (χ2v) is 10.6. The van der Waals surface area contributed by atoms with Crippen LogP contribution in [0.5, 0.6) is 0 Å². The maximum atomic E-state index is 14.4. The topological polar surface area (TPSA) is 138 Å². The number of aromatic nitrogens is 3. The monoisotopic (exact) mass is 525 g/mol. The summed E-state index contributed by atoms with van der Waals surface area (Å²) in [6, 6.07) is 6.49. The Morgan fingerprint density at radius 2 is 2.05 bits per heavy atom. The average molecular weight is 526 g/mol. The molecule has 1 aromatic carbocycles. The molecule has 11 nitrogen and oxygen atoms in total. The number of carboxylic acid groups (broad SMARTS) is 1. The van der Waals surface area contributed by atoms with E-state index in [1.807, 2.05) is 31.2 Å². The number of aliphatic hydroxyl groups is 1. The first kappa shape index (κ1) is 26.3. The van der Waals surface area contributed by atoms with E-state index in [1.165, 1.54) is 0 Å². The van der Waals surface area contributed by atoms with Crippen molar-refractivity contribution in [3.05, 3.63) is 36.9 Å². The number of unbranched alkanes of at least 4 members (excludes halogenated alkanes) is 2. The third kappa shape index (κ3) is 3.90. The number of carboxylic acids is 1. The number of rotatable bonds is 12. The van der Waals surface area contributed by atoms with Gasteiger partial charge in [0.05, 0.1) is 17.0 Å². The number of aliphatic carboxylic acids is 1. The van der Waals surface area contributed by atoms with E-state index >= 15 is 0 Å². The molecule has 2 aromatic rings. The van der Waals surface area contributed by atoms with Crippen LogP contribution in [-0.4, -0.2) is 89.7 Å². The summed E-state index contributed by atoms with van der Waals surface area (Å²) < 4.78 is 8.23. The smallest absolute Gasteiger partial charge is 0.310 e. The molecule has 11 heteroatoms. The highest BCUT2D eigenvalue weighted by molar-refractivity contribution is 5.98. The molecule has 3 saturated heterocycles. The molecule has 2 N–H and O–H groups in total. The molecule has 1 spiro atoms. The predicted octanol–water partition coefficient (Wildman–Crippen LogP) is 1.81. The second kappa shape index (κ2) is 10.1. The SMILES string of the molecule is C=CCN(Cn1nnc2ccccc21)C(=O)C1N(CCCCCO)C(=O)[C@@H]2[C@H](C(=O)O)[C@]3(CC)CCC12O3. The van der Waals surface area contributed by atoms with E-state index in [0.29, 0.717) is 44.0 Å². The Kier molecular flexibility index (Phi) is 6.99. The molecule has 2 amide bonds. The molecule has 204 valence electrons. The summed E-state index contributed by atoms with van der Waals surface area (Å²) in [6.07, 6.45) is 4.86. The maximum Gasteiger partial charge on any atom is 0.310 e. The van der Waals surface area contributed by atoms with E-state index < -0.39 is 35.0 Å².